The number of ether oxygens (including phenoxy) is 2. The highest BCUT2D eigenvalue weighted by Gasteiger charge is 2.19. The first-order valence-electron chi connectivity index (χ1n) is 5.93. The number of nitrogens with two attached hydrogens (primary N) is 1. The minimum atomic E-state index is -1.09. The number of aromatic hydroxyl groups is 1. The van der Waals surface area contributed by atoms with E-state index in [1.807, 2.05) is 0 Å². The lowest BCUT2D eigenvalue weighted by Crippen LogP contribution is -2.37. The fraction of sp³-hybridized carbons (Fsp3) is 0.308. The molecule has 1 aromatic rings. The molecule has 0 saturated carbocycles. The van der Waals surface area contributed by atoms with Gasteiger partial charge in [-0.05, 0) is 18.2 Å². The van der Waals surface area contributed by atoms with Gasteiger partial charge in [0, 0.05) is 5.69 Å². The van der Waals surface area contributed by atoms with Gasteiger partial charge in [-0.15, -0.1) is 0 Å². The lowest BCUT2D eigenvalue weighted by Gasteiger charge is -2.12. The summed E-state index contributed by atoms with van der Waals surface area (Å²) in [7, 11) is 2.36. The van der Waals surface area contributed by atoms with Crippen molar-refractivity contribution in [3.05, 3.63) is 23.8 Å². The fourth-order valence-electron chi connectivity index (χ4n) is 1.48. The molecule has 4 N–H and O–H groups in total. The number of hydrogen-bond acceptors (Lipinski definition) is 7. The maximum atomic E-state index is 11.8. The van der Waals surface area contributed by atoms with Crippen molar-refractivity contribution in [2.45, 2.75) is 12.5 Å². The van der Waals surface area contributed by atoms with Crippen molar-refractivity contribution in [3.8, 4) is 5.75 Å². The van der Waals surface area contributed by atoms with E-state index < -0.39 is 23.9 Å². The van der Waals surface area contributed by atoms with E-state index in [9.17, 15) is 19.5 Å². The van der Waals surface area contributed by atoms with Crippen molar-refractivity contribution < 1.29 is 29.0 Å². The molecule has 8 heteroatoms. The molecule has 0 unspecified atom stereocenters. The number of phenols is 1. The van der Waals surface area contributed by atoms with Gasteiger partial charge in [-0.2, -0.15) is 0 Å². The van der Waals surface area contributed by atoms with E-state index in [-0.39, 0.29) is 23.4 Å². The second-order valence-electron chi connectivity index (χ2n) is 4.10. The van der Waals surface area contributed by atoms with Crippen molar-refractivity contribution >= 4 is 23.5 Å². The summed E-state index contributed by atoms with van der Waals surface area (Å²) in [5, 5.41) is 12.0. The minimum Gasteiger partial charge on any atom is -0.507 e. The molecule has 0 fully saturated rings. The topological polar surface area (TPSA) is 128 Å². The van der Waals surface area contributed by atoms with E-state index in [0.29, 0.717) is 0 Å². The summed E-state index contributed by atoms with van der Waals surface area (Å²) in [6.07, 6.45) is -0.274. The van der Waals surface area contributed by atoms with Crippen LogP contribution in [0, 0.1) is 0 Å². The molecule has 0 saturated heterocycles. The zero-order chi connectivity index (χ0) is 16.0. The van der Waals surface area contributed by atoms with Gasteiger partial charge in [-0.3, -0.25) is 9.59 Å². The van der Waals surface area contributed by atoms with Gasteiger partial charge in [0.1, 0.15) is 11.3 Å². The lowest BCUT2D eigenvalue weighted by molar-refractivity contribution is -0.142. The van der Waals surface area contributed by atoms with E-state index in [1.165, 1.54) is 32.4 Å². The molecule has 21 heavy (non-hydrogen) atoms. The SMILES string of the molecule is COC(=O)C[C@H](N)C(=O)Nc1ccc(O)c(C(=O)OC)c1. The van der Waals surface area contributed by atoms with E-state index in [1.54, 1.807) is 0 Å². The average molecular weight is 296 g/mol. The summed E-state index contributed by atoms with van der Waals surface area (Å²) in [6, 6.07) is 2.76. The predicted octanol–water partition coefficient (Wildman–Crippen LogP) is 0.00770. The Morgan fingerprint density at radius 2 is 1.95 bits per heavy atom. The van der Waals surface area contributed by atoms with Crippen molar-refractivity contribution in [2.24, 2.45) is 5.73 Å². The number of hydrogen-bond donors (Lipinski definition) is 3. The number of benzene rings is 1. The molecule has 0 bridgehead atoms. The Kier molecular flexibility index (Phi) is 5.67. The molecule has 0 aromatic heterocycles. The Morgan fingerprint density at radius 3 is 2.52 bits per heavy atom. The molecule has 0 radical (unpaired) electrons. The summed E-state index contributed by atoms with van der Waals surface area (Å²) in [6.45, 7) is 0. The zero-order valence-corrected chi connectivity index (χ0v) is 11.6. The van der Waals surface area contributed by atoms with Crippen molar-refractivity contribution in [1.29, 1.82) is 0 Å². The van der Waals surface area contributed by atoms with Gasteiger partial charge in [0.15, 0.2) is 0 Å². The Hall–Kier alpha value is -2.61. The van der Waals surface area contributed by atoms with E-state index in [0.717, 1.165) is 0 Å². The van der Waals surface area contributed by atoms with Crippen LogP contribution in [0.15, 0.2) is 18.2 Å². The molecule has 0 aliphatic carbocycles. The van der Waals surface area contributed by atoms with Gasteiger partial charge in [-0.25, -0.2) is 4.79 Å². The highest BCUT2D eigenvalue weighted by molar-refractivity contribution is 5.99. The van der Waals surface area contributed by atoms with Crippen LogP contribution in [-0.2, 0) is 19.1 Å². The number of carbonyl (C=O) groups is 3. The first-order chi connectivity index (χ1) is 9.88. The number of nitrogens with one attached hydrogen (secondary N) is 1. The van der Waals surface area contributed by atoms with Crippen molar-refractivity contribution in [2.75, 3.05) is 19.5 Å². The number of esters is 2. The Morgan fingerprint density at radius 1 is 1.29 bits per heavy atom. The van der Waals surface area contributed by atoms with Crippen molar-refractivity contribution in [1.82, 2.24) is 0 Å². The van der Waals surface area contributed by atoms with Crippen LogP contribution in [-0.4, -0.2) is 43.2 Å². The second kappa shape index (κ2) is 7.25. The van der Waals surface area contributed by atoms with Gasteiger partial charge in [0.25, 0.3) is 0 Å². The van der Waals surface area contributed by atoms with Gasteiger partial charge >= 0.3 is 11.9 Å². The van der Waals surface area contributed by atoms with Gasteiger partial charge < -0.3 is 25.6 Å². The number of rotatable bonds is 5. The first kappa shape index (κ1) is 16.4. The Labute approximate surface area is 120 Å². The van der Waals surface area contributed by atoms with E-state index in [2.05, 4.69) is 14.8 Å². The summed E-state index contributed by atoms with van der Waals surface area (Å²) in [5.74, 6) is -2.26. The molecule has 0 aliphatic rings. The molecule has 1 rings (SSSR count). The highest BCUT2D eigenvalue weighted by Crippen LogP contribution is 2.22. The summed E-state index contributed by atoms with van der Waals surface area (Å²) >= 11 is 0. The van der Waals surface area contributed by atoms with Crippen LogP contribution in [0.3, 0.4) is 0 Å². The molecular formula is C13H16N2O6. The molecular weight excluding hydrogens is 280 g/mol. The largest absolute Gasteiger partial charge is 0.507 e. The van der Waals surface area contributed by atoms with Crippen LogP contribution in [0.5, 0.6) is 5.75 Å². The third-order valence-corrected chi connectivity index (χ3v) is 2.62. The minimum absolute atomic E-state index is 0.100. The molecule has 1 atom stereocenters. The first-order valence-corrected chi connectivity index (χ1v) is 5.93. The van der Waals surface area contributed by atoms with Crippen molar-refractivity contribution in [3.63, 3.8) is 0 Å². The average Bonchev–Trinajstić information content (AvgIpc) is 2.47. The standard InChI is InChI=1S/C13H16N2O6/c1-20-11(17)6-9(14)12(18)15-7-3-4-10(16)8(5-7)13(19)21-2/h3-5,9,16H,6,14H2,1-2H3,(H,15,18)/t9-/m0/s1. The van der Waals surface area contributed by atoms with Crippen LogP contribution < -0.4 is 11.1 Å². The summed E-state index contributed by atoms with van der Waals surface area (Å²) in [5.41, 5.74) is 5.68. The monoisotopic (exact) mass is 296 g/mol. The Bertz CT molecular complexity index is 558. The molecule has 0 heterocycles. The van der Waals surface area contributed by atoms with Gasteiger partial charge in [-0.1, -0.05) is 0 Å². The zero-order valence-electron chi connectivity index (χ0n) is 11.6. The van der Waals surface area contributed by atoms with Crippen LogP contribution >= 0.6 is 0 Å². The van der Waals surface area contributed by atoms with Crippen LogP contribution in [0.25, 0.3) is 0 Å². The molecule has 114 valence electrons. The quantitative estimate of drug-likeness (QED) is 0.515. The van der Waals surface area contributed by atoms with Crippen LogP contribution in [0.4, 0.5) is 5.69 Å². The third kappa shape index (κ3) is 4.46. The maximum absolute atomic E-state index is 11.8. The third-order valence-electron chi connectivity index (χ3n) is 2.62. The number of phenolic OH excluding ortho intramolecular Hbond substituents is 1. The number of carbonyl (C=O) groups excluding carboxylic acids is 3. The lowest BCUT2D eigenvalue weighted by atomic mass is 10.1. The smallest absolute Gasteiger partial charge is 0.341 e. The second-order valence-corrected chi connectivity index (χ2v) is 4.10. The Balaban J connectivity index is 2.81. The molecule has 1 aromatic carbocycles. The van der Waals surface area contributed by atoms with Gasteiger partial charge in [0.2, 0.25) is 5.91 Å². The molecule has 0 spiro atoms. The summed E-state index contributed by atoms with van der Waals surface area (Å²) in [4.78, 5) is 34.2. The molecule has 0 aliphatic heterocycles. The van der Waals surface area contributed by atoms with E-state index in [4.69, 9.17) is 5.73 Å². The number of methoxy groups -OCH3 is 2. The normalized spacial score (nSPS) is 11.4. The van der Waals surface area contributed by atoms with Gasteiger partial charge in [0.05, 0.1) is 26.7 Å². The predicted molar refractivity (Wildman–Crippen MR) is 72.7 cm³/mol. The number of amides is 1. The van der Waals surface area contributed by atoms with Crippen LogP contribution in [0.2, 0.25) is 0 Å². The molecule has 8 nitrogen and oxygen atoms in total. The molecule has 1 amide bonds. The fourth-order valence-corrected chi connectivity index (χ4v) is 1.48. The van der Waals surface area contributed by atoms with E-state index >= 15 is 0 Å². The number of anilines is 1. The maximum Gasteiger partial charge on any atom is 0.341 e. The summed E-state index contributed by atoms with van der Waals surface area (Å²) < 4.78 is 8.90. The highest BCUT2D eigenvalue weighted by atomic mass is 16.5. The van der Waals surface area contributed by atoms with Crippen LogP contribution in [0.1, 0.15) is 16.8 Å².